The second-order valence-electron chi connectivity index (χ2n) is 6.59. The van der Waals surface area contributed by atoms with E-state index in [1.165, 1.54) is 0 Å². The van der Waals surface area contributed by atoms with Gasteiger partial charge >= 0.3 is 0 Å². The van der Waals surface area contributed by atoms with E-state index < -0.39 is 0 Å². The summed E-state index contributed by atoms with van der Waals surface area (Å²) in [5, 5.41) is 6.54. The number of amides is 2. The van der Waals surface area contributed by atoms with E-state index in [4.69, 9.17) is 11.6 Å². The van der Waals surface area contributed by atoms with Crippen molar-refractivity contribution in [2.45, 2.75) is 33.2 Å². The molecule has 0 unspecified atom stereocenters. The molecule has 0 fully saturated rings. The maximum atomic E-state index is 12.6. The fourth-order valence-electron chi connectivity index (χ4n) is 2.85. The number of nitrogens with zero attached hydrogens (tertiary/aromatic N) is 1. The maximum Gasteiger partial charge on any atom is 0.253 e. The van der Waals surface area contributed by atoms with Crippen LogP contribution in [0.4, 0.5) is 5.69 Å². The summed E-state index contributed by atoms with van der Waals surface area (Å²) in [5.74, 6) is -0.0788. The van der Waals surface area contributed by atoms with Crippen LogP contribution < -0.4 is 10.6 Å². The van der Waals surface area contributed by atoms with Crippen LogP contribution in [0.15, 0.2) is 48.5 Å². The van der Waals surface area contributed by atoms with Crippen LogP contribution in [-0.4, -0.2) is 36.3 Å². The van der Waals surface area contributed by atoms with Crippen molar-refractivity contribution in [2.75, 3.05) is 25.0 Å². The molecule has 0 aliphatic carbocycles. The molecule has 2 amide bonds. The van der Waals surface area contributed by atoms with Crippen LogP contribution in [0.25, 0.3) is 0 Å². The molecule has 0 spiro atoms. The van der Waals surface area contributed by atoms with Gasteiger partial charge in [-0.2, -0.15) is 0 Å². The summed E-state index contributed by atoms with van der Waals surface area (Å²) in [5.41, 5.74) is 2.33. The number of halogens is 1. The van der Waals surface area contributed by atoms with Crippen molar-refractivity contribution >= 4 is 29.1 Å². The zero-order chi connectivity index (χ0) is 20.4. The first-order chi connectivity index (χ1) is 13.5. The number of nitrogens with one attached hydrogen (secondary N) is 2. The van der Waals surface area contributed by atoms with E-state index in [0.717, 1.165) is 37.2 Å². The van der Waals surface area contributed by atoms with Gasteiger partial charge in [-0.05, 0) is 48.7 Å². The van der Waals surface area contributed by atoms with Gasteiger partial charge in [0.1, 0.15) is 0 Å². The number of hydrogen-bond acceptors (Lipinski definition) is 3. The lowest BCUT2D eigenvalue weighted by atomic mass is 10.1. The van der Waals surface area contributed by atoms with Crippen LogP contribution in [-0.2, 0) is 11.3 Å². The number of carbonyl (C=O) groups is 2. The summed E-state index contributed by atoms with van der Waals surface area (Å²) < 4.78 is 0. The molecule has 2 aromatic carbocycles. The van der Waals surface area contributed by atoms with E-state index in [-0.39, 0.29) is 18.4 Å². The second-order valence-corrected chi connectivity index (χ2v) is 7.00. The molecule has 0 radical (unpaired) electrons. The molecule has 2 N–H and O–H groups in total. The lowest BCUT2D eigenvalue weighted by Crippen LogP contribution is -2.32. The van der Waals surface area contributed by atoms with E-state index in [1.54, 1.807) is 18.2 Å². The zero-order valence-electron chi connectivity index (χ0n) is 16.5. The Labute approximate surface area is 172 Å². The summed E-state index contributed by atoms with van der Waals surface area (Å²) in [7, 11) is 0. The second kappa shape index (κ2) is 11.3. The van der Waals surface area contributed by atoms with Crippen molar-refractivity contribution in [3.05, 3.63) is 64.7 Å². The minimum Gasteiger partial charge on any atom is -0.376 e. The van der Waals surface area contributed by atoms with Crippen LogP contribution in [0.5, 0.6) is 0 Å². The van der Waals surface area contributed by atoms with Crippen LogP contribution in [0.2, 0.25) is 5.02 Å². The molecule has 0 aliphatic rings. The van der Waals surface area contributed by atoms with Crippen molar-refractivity contribution in [1.82, 2.24) is 10.2 Å². The molecule has 0 heterocycles. The minimum atomic E-state index is -0.128. The molecule has 28 heavy (non-hydrogen) atoms. The van der Waals surface area contributed by atoms with Gasteiger partial charge in [0.15, 0.2) is 0 Å². The molecule has 5 nitrogen and oxygen atoms in total. The van der Waals surface area contributed by atoms with Gasteiger partial charge in [-0.25, -0.2) is 0 Å². The van der Waals surface area contributed by atoms with E-state index in [0.29, 0.717) is 17.1 Å². The van der Waals surface area contributed by atoms with Gasteiger partial charge in [0.05, 0.1) is 6.54 Å². The Morgan fingerprint density at radius 2 is 1.61 bits per heavy atom. The van der Waals surface area contributed by atoms with Gasteiger partial charge in [-0.3, -0.25) is 9.59 Å². The van der Waals surface area contributed by atoms with Gasteiger partial charge < -0.3 is 15.5 Å². The molecule has 6 heteroatoms. The third kappa shape index (κ3) is 6.57. The van der Waals surface area contributed by atoms with Gasteiger partial charge in [0, 0.05) is 35.9 Å². The Balaban J connectivity index is 1.84. The summed E-state index contributed by atoms with van der Waals surface area (Å²) in [6, 6.07) is 14.7. The number of carbonyl (C=O) groups excluding carboxylic acids is 2. The molecule has 2 aromatic rings. The molecule has 0 saturated carbocycles. The standard InChI is InChI=1S/C22H28ClN3O2/c1-3-13-26(14-4-2)22(28)17-9-11-19(12-10-17)24-16-21(27)25-15-18-7-5-6-8-20(18)23/h5-12,24H,3-4,13-16H2,1-2H3,(H,25,27). The van der Waals surface area contributed by atoms with E-state index >= 15 is 0 Å². The fraction of sp³-hybridized carbons (Fsp3) is 0.364. The van der Waals surface area contributed by atoms with Crippen LogP contribution in [0.1, 0.15) is 42.6 Å². The number of rotatable bonds is 10. The highest BCUT2D eigenvalue weighted by Gasteiger charge is 2.14. The molecular formula is C22H28ClN3O2. The van der Waals surface area contributed by atoms with Crippen LogP contribution >= 0.6 is 11.6 Å². The average Bonchev–Trinajstić information content (AvgIpc) is 2.71. The minimum absolute atomic E-state index is 0.0488. The highest BCUT2D eigenvalue weighted by molar-refractivity contribution is 6.31. The van der Waals surface area contributed by atoms with Crippen molar-refractivity contribution < 1.29 is 9.59 Å². The Morgan fingerprint density at radius 3 is 2.21 bits per heavy atom. The molecule has 0 atom stereocenters. The van der Waals surface area contributed by atoms with Gasteiger partial charge in [0.25, 0.3) is 5.91 Å². The van der Waals surface area contributed by atoms with Crippen molar-refractivity contribution in [3.63, 3.8) is 0 Å². The molecular weight excluding hydrogens is 374 g/mol. The molecule has 0 aromatic heterocycles. The molecule has 0 bridgehead atoms. The summed E-state index contributed by atoms with van der Waals surface area (Å²) >= 11 is 6.08. The largest absolute Gasteiger partial charge is 0.376 e. The first-order valence-corrected chi connectivity index (χ1v) is 10.1. The van der Waals surface area contributed by atoms with Crippen LogP contribution in [0, 0.1) is 0 Å². The molecule has 0 aliphatic heterocycles. The first kappa shape index (κ1) is 21.8. The quantitative estimate of drug-likeness (QED) is 0.622. The third-order valence-electron chi connectivity index (χ3n) is 4.29. The topological polar surface area (TPSA) is 61.4 Å². The lowest BCUT2D eigenvalue weighted by Gasteiger charge is -2.21. The van der Waals surface area contributed by atoms with Gasteiger partial charge in [-0.15, -0.1) is 0 Å². The summed E-state index contributed by atoms with van der Waals surface area (Å²) in [6.45, 7) is 6.20. The van der Waals surface area contributed by atoms with E-state index in [1.807, 2.05) is 35.2 Å². The predicted molar refractivity (Wildman–Crippen MR) is 115 cm³/mol. The lowest BCUT2D eigenvalue weighted by molar-refractivity contribution is -0.119. The van der Waals surface area contributed by atoms with Crippen LogP contribution in [0.3, 0.4) is 0 Å². The Morgan fingerprint density at radius 1 is 0.964 bits per heavy atom. The third-order valence-corrected chi connectivity index (χ3v) is 4.66. The van der Waals surface area contributed by atoms with Gasteiger partial charge in [-0.1, -0.05) is 43.6 Å². The highest BCUT2D eigenvalue weighted by atomic mass is 35.5. The first-order valence-electron chi connectivity index (χ1n) is 9.68. The van der Waals surface area contributed by atoms with E-state index in [9.17, 15) is 9.59 Å². The van der Waals surface area contributed by atoms with Gasteiger partial charge in [0.2, 0.25) is 5.91 Å². The maximum absolute atomic E-state index is 12.6. The monoisotopic (exact) mass is 401 g/mol. The number of benzene rings is 2. The predicted octanol–water partition coefficient (Wildman–Crippen LogP) is 4.33. The zero-order valence-corrected chi connectivity index (χ0v) is 17.3. The number of anilines is 1. The number of hydrogen-bond donors (Lipinski definition) is 2. The average molecular weight is 402 g/mol. The smallest absolute Gasteiger partial charge is 0.253 e. The highest BCUT2D eigenvalue weighted by Crippen LogP contribution is 2.14. The Bertz CT molecular complexity index is 772. The van der Waals surface area contributed by atoms with Crippen molar-refractivity contribution in [1.29, 1.82) is 0 Å². The van der Waals surface area contributed by atoms with Crippen molar-refractivity contribution in [2.24, 2.45) is 0 Å². The summed E-state index contributed by atoms with van der Waals surface area (Å²) in [6.07, 6.45) is 1.88. The molecule has 2 rings (SSSR count). The normalized spacial score (nSPS) is 10.4. The Hall–Kier alpha value is -2.53. The Kier molecular flexibility index (Phi) is 8.82. The SMILES string of the molecule is CCCN(CCC)C(=O)c1ccc(NCC(=O)NCc2ccccc2Cl)cc1. The van der Waals surface area contributed by atoms with Crippen molar-refractivity contribution in [3.8, 4) is 0 Å². The van der Waals surface area contributed by atoms with E-state index in [2.05, 4.69) is 24.5 Å². The molecule has 150 valence electrons. The summed E-state index contributed by atoms with van der Waals surface area (Å²) in [4.78, 5) is 26.5. The fourth-order valence-corrected chi connectivity index (χ4v) is 3.05. The molecule has 0 saturated heterocycles.